The Morgan fingerprint density at radius 2 is 2.06 bits per heavy atom. The van der Waals surface area contributed by atoms with E-state index in [0.717, 1.165) is 0 Å². The molecule has 0 unspecified atom stereocenters. The van der Waals surface area contributed by atoms with Crippen molar-refractivity contribution in [1.29, 1.82) is 0 Å². The molecule has 0 radical (unpaired) electrons. The lowest BCUT2D eigenvalue weighted by atomic mass is 10.3. The van der Waals surface area contributed by atoms with E-state index in [4.69, 9.17) is 22.1 Å². The number of benzene rings is 1. The summed E-state index contributed by atoms with van der Waals surface area (Å²) >= 11 is 5.74. The second-order valence-electron chi connectivity index (χ2n) is 4.10. The predicted molar refractivity (Wildman–Crippen MR) is 67.9 cm³/mol. The van der Waals surface area contributed by atoms with Crippen LogP contribution >= 0.6 is 11.6 Å². The molecule has 3 rings (SSSR count). The highest BCUT2D eigenvalue weighted by atomic mass is 35.5. The average molecular weight is 271 g/mol. The highest BCUT2D eigenvalue weighted by molar-refractivity contribution is 6.31. The van der Waals surface area contributed by atoms with Crippen molar-refractivity contribution in [1.82, 2.24) is 9.66 Å². The number of aromatic nitrogens is 2. The summed E-state index contributed by atoms with van der Waals surface area (Å²) in [5.41, 5.74) is 7.10. The fraction of sp³-hybridized carbons (Fsp3) is 0.364. The first-order valence-electron chi connectivity index (χ1n) is 5.63. The van der Waals surface area contributed by atoms with Crippen LogP contribution in [0.4, 0.5) is 10.3 Å². The molecular formula is C11H12ClFN4O. The maximum Gasteiger partial charge on any atom is 0.220 e. The molecule has 1 aliphatic heterocycles. The predicted octanol–water partition coefficient (Wildman–Crippen LogP) is 1.38. The number of nitrogen functional groups attached to an aromatic ring is 1. The Morgan fingerprint density at radius 3 is 2.78 bits per heavy atom. The molecule has 96 valence electrons. The van der Waals surface area contributed by atoms with E-state index in [1.165, 1.54) is 12.1 Å². The van der Waals surface area contributed by atoms with Gasteiger partial charge in [0.2, 0.25) is 5.95 Å². The molecule has 0 bridgehead atoms. The number of nitrogens with zero attached hydrogens (tertiary/aromatic N) is 3. The van der Waals surface area contributed by atoms with E-state index >= 15 is 0 Å². The van der Waals surface area contributed by atoms with Crippen molar-refractivity contribution in [3.8, 4) is 0 Å². The lowest BCUT2D eigenvalue weighted by molar-refractivity contribution is 0.112. The lowest BCUT2D eigenvalue weighted by Gasteiger charge is -2.30. The van der Waals surface area contributed by atoms with Gasteiger partial charge in [0.1, 0.15) is 5.82 Å². The molecule has 1 aromatic heterocycles. The van der Waals surface area contributed by atoms with E-state index in [2.05, 4.69) is 4.98 Å². The second kappa shape index (κ2) is 4.29. The van der Waals surface area contributed by atoms with E-state index in [-0.39, 0.29) is 5.02 Å². The minimum absolute atomic E-state index is 0.0501. The van der Waals surface area contributed by atoms with E-state index in [0.29, 0.717) is 43.3 Å². The van der Waals surface area contributed by atoms with Gasteiger partial charge in [0.25, 0.3) is 0 Å². The third kappa shape index (κ3) is 1.77. The standard InChI is InChI=1S/C11H12ClFN4O/c12-7-5-9-10(6-8(7)13)17(11(14)15-9)16-1-3-18-4-2-16/h5-6H,1-4H2,(H2,14,15). The van der Waals surface area contributed by atoms with Crippen LogP contribution in [0.3, 0.4) is 0 Å². The molecule has 0 atom stereocenters. The Kier molecular flexibility index (Phi) is 2.76. The van der Waals surface area contributed by atoms with Gasteiger partial charge >= 0.3 is 0 Å². The zero-order valence-corrected chi connectivity index (χ0v) is 10.3. The van der Waals surface area contributed by atoms with E-state index in [1.807, 2.05) is 5.01 Å². The maximum absolute atomic E-state index is 13.5. The molecule has 0 amide bonds. The van der Waals surface area contributed by atoms with Crippen LogP contribution in [-0.2, 0) is 4.74 Å². The van der Waals surface area contributed by atoms with Gasteiger partial charge in [-0.1, -0.05) is 11.6 Å². The summed E-state index contributed by atoms with van der Waals surface area (Å²) < 4.78 is 20.5. The molecule has 2 aromatic rings. The minimum atomic E-state index is -0.474. The number of hydrogen-bond donors (Lipinski definition) is 1. The summed E-state index contributed by atoms with van der Waals surface area (Å²) in [7, 11) is 0. The monoisotopic (exact) mass is 270 g/mol. The normalized spacial score (nSPS) is 16.4. The highest BCUT2D eigenvalue weighted by Crippen LogP contribution is 2.25. The van der Waals surface area contributed by atoms with Gasteiger partial charge in [0.05, 0.1) is 42.4 Å². The minimum Gasteiger partial charge on any atom is -0.378 e. The smallest absolute Gasteiger partial charge is 0.220 e. The quantitative estimate of drug-likeness (QED) is 0.851. The number of imidazole rings is 1. The summed E-state index contributed by atoms with van der Waals surface area (Å²) in [5, 5.41) is 2.04. The average Bonchev–Trinajstić information content (AvgIpc) is 2.66. The van der Waals surface area contributed by atoms with E-state index in [1.54, 1.807) is 4.68 Å². The first-order valence-corrected chi connectivity index (χ1v) is 6.00. The van der Waals surface area contributed by atoms with Crippen molar-refractivity contribution in [2.45, 2.75) is 0 Å². The van der Waals surface area contributed by atoms with Crippen LogP contribution < -0.4 is 10.7 Å². The number of halogens is 2. The summed E-state index contributed by atoms with van der Waals surface area (Å²) in [4.78, 5) is 4.20. The largest absolute Gasteiger partial charge is 0.378 e. The number of ether oxygens (including phenoxy) is 1. The van der Waals surface area contributed by atoms with Crippen molar-refractivity contribution in [2.75, 3.05) is 37.0 Å². The van der Waals surface area contributed by atoms with E-state index in [9.17, 15) is 4.39 Å². The molecule has 0 spiro atoms. The Bertz CT molecular complexity index is 594. The molecule has 0 aliphatic carbocycles. The van der Waals surface area contributed by atoms with Gasteiger partial charge in [-0.25, -0.2) is 14.1 Å². The van der Waals surface area contributed by atoms with Crippen molar-refractivity contribution in [3.63, 3.8) is 0 Å². The van der Waals surface area contributed by atoms with Gasteiger partial charge in [0, 0.05) is 6.07 Å². The molecule has 0 saturated carbocycles. The van der Waals surface area contributed by atoms with Gasteiger partial charge in [-0.2, -0.15) is 0 Å². The molecule has 1 saturated heterocycles. The molecular weight excluding hydrogens is 259 g/mol. The SMILES string of the molecule is Nc1nc2cc(Cl)c(F)cc2n1N1CCOCC1. The lowest BCUT2D eigenvalue weighted by Crippen LogP contribution is -2.44. The molecule has 1 aromatic carbocycles. The molecule has 7 heteroatoms. The fourth-order valence-corrected chi connectivity index (χ4v) is 2.29. The van der Waals surface area contributed by atoms with Crippen LogP contribution in [-0.4, -0.2) is 36.0 Å². The fourth-order valence-electron chi connectivity index (χ4n) is 2.13. The zero-order valence-electron chi connectivity index (χ0n) is 9.57. The third-order valence-corrected chi connectivity index (χ3v) is 3.26. The molecule has 18 heavy (non-hydrogen) atoms. The molecule has 1 fully saturated rings. The van der Waals surface area contributed by atoms with Crippen molar-refractivity contribution >= 4 is 28.6 Å². The Labute approximate surface area is 108 Å². The number of rotatable bonds is 1. The Hall–Kier alpha value is -1.53. The summed E-state index contributed by atoms with van der Waals surface area (Å²) in [6, 6.07) is 2.84. The van der Waals surface area contributed by atoms with Crippen LogP contribution in [0.1, 0.15) is 0 Å². The maximum atomic E-state index is 13.5. The van der Waals surface area contributed by atoms with Crippen LogP contribution in [0.15, 0.2) is 12.1 Å². The van der Waals surface area contributed by atoms with Crippen molar-refractivity contribution in [3.05, 3.63) is 23.0 Å². The topological polar surface area (TPSA) is 56.3 Å². The summed E-state index contributed by atoms with van der Waals surface area (Å²) in [5.74, 6) is -0.146. The summed E-state index contributed by atoms with van der Waals surface area (Å²) in [6.45, 7) is 2.63. The second-order valence-corrected chi connectivity index (χ2v) is 4.51. The number of fused-ring (bicyclic) bond motifs is 1. The number of hydrogen-bond acceptors (Lipinski definition) is 4. The Balaban J connectivity index is 2.15. The van der Waals surface area contributed by atoms with Crippen molar-refractivity contribution in [2.24, 2.45) is 0 Å². The van der Waals surface area contributed by atoms with Crippen LogP contribution in [0.25, 0.3) is 11.0 Å². The first kappa shape index (κ1) is 11.6. The highest BCUT2D eigenvalue weighted by Gasteiger charge is 2.18. The molecule has 5 nitrogen and oxygen atoms in total. The van der Waals surface area contributed by atoms with Gasteiger partial charge in [0.15, 0.2) is 0 Å². The first-order chi connectivity index (χ1) is 8.66. The third-order valence-electron chi connectivity index (χ3n) is 2.97. The number of morpholine rings is 1. The van der Waals surface area contributed by atoms with Crippen LogP contribution in [0.2, 0.25) is 5.02 Å². The Morgan fingerprint density at radius 1 is 1.33 bits per heavy atom. The van der Waals surface area contributed by atoms with Crippen LogP contribution in [0.5, 0.6) is 0 Å². The molecule has 2 N–H and O–H groups in total. The van der Waals surface area contributed by atoms with Gasteiger partial charge in [-0.05, 0) is 6.07 Å². The van der Waals surface area contributed by atoms with Gasteiger partial charge < -0.3 is 15.5 Å². The van der Waals surface area contributed by atoms with Gasteiger partial charge in [-0.3, -0.25) is 0 Å². The molecule has 2 heterocycles. The van der Waals surface area contributed by atoms with Crippen molar-refractivity contribution < 1.29 is 9.13 Å². The van der Waals surface area contributed by atoms with E-state index < -0.39 is 5.82 Å². The molecule has 1 aliphatic rings. The zero-order chi connectivity index (χ0) is 12.7. The number of nitrogens with two attached hydrogens (primary N) is 1. The van der Waals surface area contributed by atoms with Crippen LogP contribution in [0, 0.1) is 5.82 Å². The number of anilines is 1. The summed E-state index contributed by atoms with van der Waals surface area (Å²) in [6.07, 6.45) is 0. The van der Waals surface area contributed by atoms with Gasteiger partial charge in [-0.15, -0.1) is 0 Å².